The predicted octanol–water partition coefficient (Wildman–Crippen LogP) is 4.51. The van der Waals surface area contributed by atoms with E-state index in [1.807, 2.05) is 31.2 Å². The standard InChI is InChI=1S/C22H17NO3/c1-12-3-4-14(13(2)23)9-19(12)22-17-7-5-15(24)10-20(17)26-21-11-16(25)6-8-18(21)22/h3-11,24H,2,23H2,1H3. The van der Waals surface area contributed by atoms with E-state index in [4.69, 9.17) is 10.2 Å². The Morgan fingerprint density at radius 2 is 1.85 bits per heavy atom. The summed E-state index contributed by atoms with van der Waals surface area (Å²) in [6.45, 7) is 5.84. The van der Waals surface area contributed by atoms with Gasteiger partial charge in [-0.1, -0.05) is 18.7 Å². The Bertz CT molecular complexity index is 1200. The molecule has 0 atom stereocenters. The van der Waals surface area contributed by atoms with Gasteiger partial charge >= 0.3 is 0 Å². The highest BCUT2D eigenvalue weighted by atomic mass is 16.3. The fraction of sp³-hybridized carbons (Fsp3) is 0.0455. The molecule has 2 aliphatic rings. The molecule has 0 saturated heterocycles. The third-order valence-corrected chi connectivity index (χ3v) is 4.55. The lowest BCUT2D eigenvalue weighted by atomic mass is 9.90. The third kappa shape index (κ3) is 2.52. The van der Waals surface area contributed by atoms with Crippen LogP contribution in [0.5, 0.6) is 5.75 Å². The molecule has 0 radical (unpaired) electrons. The second kappa shape index (κ2) is 5.77. The maximum absolute atomic E-state index is 11.8. The van der Waals surface area contributed by atoms with E-state index >= 15 is 0 Å². The normalized spacial score (nSPS) is 11.1. The summed E-state index contributed by atoms with van der Waals surface area (Å²) in [6.07, 6.45) is 0. The highest BCUT2D eigenvalue weighted by Crippen LogP contribution is 2.42. The zero-order valence-electron chi connectivity index (χ0n) is 14.2. The Kier molecular flexibility index (Phi) is 3.55. The lowest BCUT2D eigenvalue weighted by molar-refractivity contribution is 0.474. The average molecular weight is 343 g/mol. The molecule has 26 heavy (non-hydrogen) atoms. The van der Waals surface area contributed by atoms with Crippen LogP contribution in [0, 0.1) is 6.92 Å². The maximum atomic E-state index is 11.8. The monoisotopic (exact) mass is 343 g/mol. The van der Waals surface area contributed by atoms with Gasteiger partial charge in [0.2, 0.25) is 0 Å². The summed E-state index contributed by atoms with van der Waals surface area (Å²) in [4.78, 5) is 11.8. The van der Waals surface area contributed by atoms with Gasteiger partial charge in [0, 0.05) is 34.3 Å². The summed E-state index contributed by atoms with van der Waals surface area (Å²) in [6, 6.07) is 15.7. The fourth-order valence-electron chi connectivity index (χ4n) is 3.24. The first-order chi connectivity index (χ1) is 12.4. The van der Waals surface area contributed by atoms with Crippen molar-refractivity contribution in [3.8, 4) is 28.2 Å². The first kappa shape index (κ1) is 16.0. The van der Waals surface area contributed by atoms with Gasteiger partial charge in [-0.2, -0.15) is 0 Å². The number of fused-ring (bicyclic) bond motifs is 2. The minimum atomic E-state index is -0.132. The topological polar surface area (TPSA) is 76.5 Å². The zero-order chi connectivity index (χ0) is 18.4. The molecule has 128 valence electrons. The lowest BCUT2D eigenvalue weighted by Crippen LogP contribution is -2.01. The van der Waals surface area contributed by atoms with Crippen LogP contribution in [0.15, 0.2) is 70.4 Å². The molecule has 0 bridgehead atoms. The number of rotatable bonds is 2. The SMILES string of the molecule is C=C(N)c1ccc(C)c(-c2c3ccc(=O)cc-3oc3cc(O)ccc23)c1. The van der Waals surface area contributed by atoms with E-state index < -0.39 is 0 Å². The second-order valence-electron chi connectivity index (χ2n) is 6.37. The molecular weight excluding hydrogens is 326 g/mol. The molecule has 0 saturated carbocycles. The number of hydrogen-bond acceptors (Lipinski definition) is 4. The van der Waals surface area contributed by atoms with Gasteiger partial charge < -0.3 is 15.3 Å². The number of nitrogens with two attached hydrogens (primary N) is 1. The smallest absolute Gasteiger partial charge is 0.182 e. The van der Waals surface area contributed by atoms with Crippen molar-refractivity contribution in [3.05, 3.63) is 82.5 Å². The summed E-state index contributed by atoms with van der Waals surface area (Å²) in [5, 5.41) is 10.7. The third-order valence-electron chi connectivity index (χ3n) is 4.55. The Hall–Kier alpha value is -3.53. The summed E-state index contributed by atoms with van der Waals surface area (Å²) < 4.78 is 5.89. The van der Waals surface area contributed by atoms with Crippen molar-refractivity contribution >= 4 is 16.7 Å². The van der Waals surface area contributed by atoms with Gasteiger partial charge in [0.05, 0.1) is 0 Å². The van der Waals surface area contributed by atoms with Gasteiger partial charge in [-0.25, -0.2) is 0 Å². The van der Waals surface area contributed by atoms with E-state index in [9.17, 15) is 9.90 Å². The van der Waals surface area contributed by atoms with Gasteiger partial charge in [0.25, 0.3) is 0 Å². The van der Waals surface area contributed by atoms with Crippen LogP contribution in [0.2, 0.25) is 0 Å². The van der Waals surface area contributed by atoms with Crippen molar-refractivity contribution in [1.82, 2.24) is 0 Å². The van der Waals surface area contributed by atoms with Gasteiger partial charge in [0.15, 0.2) is 5.43 Å². The molecule has 0 amide bonds. The number of aromatic hydroxyl groups is 1. The first-order valence-corrected chi connectivity index (χ1v) is 8.19. The lowest BCUT2D eigenvalue weighted by Gasteiger charge is -2.17. The molecule has 2 aromatic carbocycles. The summed E-state index contributed by atoms with van der Waals surface area (Å²) in [7, 11) is 0. The molecule has 4 nitrogen and oxygen atoms in total. The van der Waals surface area contributed by atoms with E-state index in [1.54, 1.807) is 18.2 Å². The summed E-state index contributed by atoms with van der Waals surface area (Å²) >= 11 is 0. The van der Waals surface area contributed by atoms with Crippen LogP contribution in [0.1, 0.15) is 11.1 Å². The largest absolute Gasteiger partial charge is 0.508 e. The van der Waals surface area contributed by atoms with Crippen LogP contribution in [0.3, 0.4) is 0 Å². The molecule has 0 aromatic heterocycles. The zero-order valence-corrected chi connectivity index (χ0v) is 14.2. The van der Waals surface area contributed by atoms with Crippen LogP contribution in [0.25, 0.3) is 39.1 Å². The van der Waals surface area contributed by atoms with Crippen molar-refractivity contribution in [2.45, 2.75) is 6.92 Å². The number of hydrogen-bond donors (Lipinski definition) is 2. The number of benzene rings is 3. The van der Waals surface area contributed by atoms with Crippen molar-refractivity contribution < 1.29 is 9.52 Å². The fourth-order valence-corrected chi connectivity index (χ4v) is 3.24. The van der Waals surface area contributed by atoms with Crippen LogP contribution < -0.4 is 11.2 Å². The average Bonchev–Trinajstić information content (AvgIpc) is 2.60. The van der Waals surface area contributed by atoms with Gasteiger partial charge in [-0.3, -0.25) is 4.79 Å². The Labute approximate surface area is 150 Å². The highest BCUT2D eigenvalue weighted by molar-refractivity contribution is 6.03. The van der Waals surface area contributed by atoms with E-state index in [0.29, 0.717) is 17.0 Å². The van der Waals surface area contributed by atoms with Crippen LogP contribution in [0.4, 0.5) is 0 Å². The molecule has 0 unspecified atom stereocenters. The molecule has 4 heteroatoms. The molecule has 4 rings (SSSR count). The van der Waals surface area contributed by atoms with Crippen molar-refractivity contribution in [3.63, 3.8) is 0 Å². The van der Waals surface area contributed by atoms with E-state index in [1.165, 1.54) is 12.1 Å². The van der Waals surface area contributed by atoms with E-state index in [0.717, 1.165) is 33.2 Å². The Balaban J connectivity index is 2.19. The molecule has 0 fully saturated rings. The Morgan fingerprint density at radius 3 is 2.62 bits per heavy atom. The minimum absolute atomic E-state index is 0.102. The molecule has 1 aliphatic carbocycles. The summed E-state index contributed by atoms with van der Waals surface area (Å²) in [5.74, 6) is 0.576. The molecule has 0 spiro atoms. The van der Waals surface area contributed by atoms with E-state index in [2.05, 4.69) is 6.58 Å². The van der Waals surface area contributed by atoms with E-state index in [-0.39, 0.29) is 11.2 Å². The Morgan fingerprint density at radius 1 is 1.04 bits per heavy atom. The first-order valence-electron chi connectivity index (χ1n) is 8.19. The molecule has 1 aliphatic heterocycles. The second-order valence-corrected chi connectivity index (χ2v) is 6.37. The van der Waals surface area contributed by atoms with Gasteiger partial charge in [0.1, 0.15) is 17.1 Å². The highest BCUT2D eigenvalue weighted by Gasteiger charge is 2.19. The van der Waals surface area contributed by atoms with Crippen molar-refractivity contribution in [2.75, 3.05) is 0 Å². The van der Waals surface area contributed by atoms with Crippen LogP contribution in [-0.2, 0) is 0 Å². The molecule has 3 N–H and O–H groups in total. The number of phenols is 1. The van der Waals surface area contributed by atoms with Crippen LogP contribution >= 0.6 is 0 Å². The number of phenolic OH excluding ortho intramolecular Hbond substituents is 1. The van der Waals surface area contributed by atoms with Gasteiger partial charge in [-0.15, -0.1) is 0 Å². The molecule has 1 heterocycles. The number of aryl methyl sites for hydroxylation is 1. The van der Waals surface area contributed by atoms with Crippen molar-refractivity contribution in [1.29, 1.82) is 0 Å². The van der Waals surface area contributed by atoms with Gasteiger partial charge in [-0.05, 0) is 53.9 Å². The quantitative estimate of drug-likeness (QED) is 0.525. The predicted molar refractivity (Wildman–Crippen MR) is 104 cm³/mol. The maximum Gasteiger partial charge on any atom is 0.182 e. The molecule has 2 aromatic rings. The minimum Gasteiger partial charge on any atom is -0.508 e. The molecular formula is C22H17NO3. The summed E-state index contributed by atoms with van der Waals surface area (Å²) in [5.41, 5.74) is 11.4. The van der Waals surface area contributed by atoms with Crippen molar-refractivity contribution in [2.24, 2.45) is 5.73 Å². The van der Waals surface area contributed by atoms with Crippen LogP contribution in [-0.4, -0.2) is 5.11 Å².